The van der Waals surface area contributed by atoms with Gasteiger partial charge in [0.15, 0.2) is 0 Å². The summed E-state index contributed by atoms with van der Waals surface area (Å²) >= 11 is 0. The third-order valence-corrected chi connectivity index (χ3v) is 1.65. The zero-order valence-corrected chi connectivity index (χ0v) is 8.51. The molecule has 0 heterocycles. The van der Waals surface area contributed by atoms with E-state index in [-0.39, 0.29) is 11.3 Å². The molecule has 0 aliphatic carbocycles. The first-order valence-electron chi connectivity index (χ1n) is 4.43. The summed E-state index contributed by atoms with van der Waals surface area (Å²) in [5.41, 5.74) is 0.272. The van der Waals surface area contributed by atoms with Crippen LogP contribution < -0.4 is 4.74 Å². The molecule has 4 nitrogen and oxygen atoms in total. The number of carbonyl (C=O) groups excluding carboxylic acids is 2. The number of rotatable bonds is 4. The summed E-state index contributed by atoms with van der Waals surface area (Å²) in [5, 5.41) is 0. The minimum absolute atomic E-state index is 0.253. The molecule has 0 aliphatic rings. The molecule has 0 N–H and O–H groups in total. The molecule has 0 saturated heterocycles. The molecule has 0 spiro atoms. The zero-order valence-electron chi connectivity index (χ0n) is 8.51. The van der Waals surface area contributed by atoms with Crippen molar-refractivity contribution in [1.29, 1.82) is 0 Å². The summed E-state index contributed by atoms with van der Waals surface area (Å²) in [7, 11) is 0. The molecule has 0 amide bonds. The molecular weight excluding hydrogens is 208 g/mol. The van der Waals surface area contributed by atoms with Gasteiger partial charge in [0.1, 0.15) is 5.75 Å². The van der Waals surface area contributed by atoms with Crippen molar-refractivity contribution in [2.45, 2.75) is 0 Å². The van der Waals surface area contributed by atoms with Crippen LogP contribution in [0.5, 0.6) is 5.75 Å². The maximum Gasteiger partial charge on any atom is 0.343 e. The smallest absolute Gasteiger partial charge is 0.343 e. The Labute approximate surface area is 92.8 Å². The highest BCUT2D eigenvalue weighted by Crippen LogP contribution is 2.14. The van der Waals surface area contributed by atoms with Gasteiger partial charge < -0.3 is 9.47 Å². The summed E-state index contributed by atoms with van der Waals surface area (Å²) in [5.74, 6) is -0.899. The van der Waals surface area contributed by atoms with Crippen molar-refractivity contribution in [3.8, 4) is 5.75 Å². The summed E-state index contributed by atoms with van der Waals surface area (Å²) in [6.45, 7) is 6.53. The average molecular weight is 218 g/mol. The highest BCUT2D eigenvalue weighted by molar-refractivity contribution is 5.90. The monoisotopic (exact) mass is 218 g/mol. The molecule has 0 unspecified atom stereocenters. The molecule has 0 fully saturated rings. The van der Waals surface area contributed by atoms with Crippen molar-refractivity contribution in [3.63, 3.8) is 0 Å². The molecule has 0 saturated carbocycles. The third kappa shape index (κ3) is 3.09. The van der Waals surface area contributed by atoms with Gasteiger partial charge in [-0.2, -0.15) is 0 Å². The first-order chi connectivity index (χ1) is 7.67. The van der Waals surface area contributed by atoms with E-state index in [0.29, 0.717) is 0 Å². The van der Waals surface area contributed by atoms with Crippen molar-refractivity contribution >= 4 is 11.9 Å². The average Bonchev–Trinajstić information content (AvgIpc) is 2.29. The van der Waals surface area contributed by atoms with E-state index in [2.05, 4.69) is 17.9 Å². The van der Waals surface area contributed by atoms with Crippen LogP contribution in [0, 0.1) is 0 Å². The van der Waals surface area contributed by atoms with Gasteiger partial charge in [0.25, 0.3) is 0 Å². The van der Waals surface area contributed by atoms with Gasteiger partial charge in [0.05, 0.1) is 11.8 Å². The minimum atomic E-state index is -0.589. The number of hydrogen-bond donors (Lipinski definition) is 0. The normalized spacial score (nSPS) is 9.00. The Morgan fingerprint density at radius 1 is 1.25 bits per heavy atom. The molecule has 0 aromatic heterocycles. The lowest BCUT2D eigenvalue weighted by Crippen LogP contribution is -2.05. The maximum atomic E-state index is 11.3. The first kappa shape index (κ1) is 11.7. The van der Waals surface area contributed by atoms with Crippen LogP contribution in [-0.4, -0.2) is 11.9 Å². The number of hydrogen-bond acceptors (Lipinski definition) is 4. The van der Waals surface area contributed by atoms with Gasteiger partial charge in [-0.1, -0.05) is 19.2 Å². The van der Waals surface area contributed by atoms with E-state index < -0.39 is 11.9 Å². The van der Waals surface area contributed by atoms with Crippen LogP contribution in [0.25, 0.3) is 0 Å². The quantitative estimate of drug-likeness (QED) is 0.336. The van der Waals surface area contributed by atoms with Crippen molar-refractivity contribution in [3.05, 3.63) is 55.3 Å². The topological polar surface area (TPSA) is 52.6 Å². The first-order valence-corrected chi connectivity index (χ1v) is 4.43. The summed E-state index contributed by atoms with van der Waals surface area (Å²) in [6, 6.07) is 6.06. The van der Waals surface area contributed by atoms with Crippen LogP contribution in [0.4, 0.5) is 0 Å². The SMILES string of the molecule is C=COC(=O)c1cccc(OC(=O)C=C)c1. The van der Waals surface area contributed by atoms with Crippen LogP contribution in [0.2, 0.25) is 0 Å². The fourth-order valence-electron chi connectivity index (χ4n) is 0.988. The number of benzene rings is 1. The van der Waals surface area contributed by atoms with E-state index >= 15 is 0 Å². The fraction of sp³-hybridized carbons (Fsp3) is 0. The fourth-order valence-corrected chi connectivity index (χ4v) is 0.988. The van der Waals surface area contributed by atoms with Crippen LogP contribution >= 0.6 is 0 Å². The van der Waals surface area contributed by atoms with E-state index in [1.165, 1.54) is 12.1 Å². The Kier molecular flexibility index (Phi) is 4.03. The van der Waals surface area contributed by atoms with Crippen molar-refractivity contribution in [2.75, 3.05) is 0 Å². The number of ether oxygens (including phenoxy) is 2. The van der Waals surface area contributed by atoms with E-state index in [0.717, 1.165) is 12.3 Å². The number of esters is 2. The highest BCUT2D eigenvalue weighted by atomic mass is 16.5. The Balaban J connectivity index is 2.86. The maximum absolute atomic E-state index is 11.3. The van der Waals surface area contributed by atoms with E-state index in [9.17, 15) is 9.59 Å². The summed E-state index contributed by atoms with van der Waals surface area (Å²) in [4.78, 5) is 22.2. The molecule has 16 heavy (non-hydrogen) atoms. The van der Waals surface area contributed by atoms with Gasteiger partial charge in [-0.15, -0.1) is 0 Å². The summed E-state index contributed by atoms with van der Waals surface area (Å²) in [6.07, 6.45) is 2.07. The molecule has 1 rings (SSSR count). The summed E-state index contributed by atoms with van der Waals surface area (Å²) < 4.78 is 9.42. The van der Waals surface area contributed by atoms with E-state index in [4.69, 9.17) is 4.74 Å². The largest absolute Gasteiger partial charge is 0.432 e. The van der Waals surface area contributed by atoms with Gasteiger partial charge >= 0.3 is 11.9 Å². The Hall–Kier alpha value is -2.36. The molecular formula is C12H10O4. The molecule has 0 radical (unpaired) electrons. The second-order valence-electron chi connectivity index (χ2n) is 2.73. The molecule has 82 valence electrons. The van der Waals surface area contributed by atoms with Crippen molar-refractivity contribution in [1.82, 2.24) is 0 Å². The van der Waals surface area contributed by atoms with Gasteiger partial charge in [-0.3, -0.25) is 0 Å². The lowest BCUT2D eigenvalue weighted by Gasteiger charge is -2.03. The number of carbonyl (C=O) groups is 2. The standard InChI is InChI=1S/C12H10O4/c1-3-11(13)16-10-7-5-6-9(8-10)12(14)15-4-2/h3-8H,1-2H2. The molecule has 1 aromatic carbocycles. The Morgan fingerprint density at radius 3 is 2.62 bits per heavy atom. The van der Waals surface area contributed by atoms with Crippen molar-refractivity contribution in [2.24, 2.45) is 0 Å². The van der Waals surface area contributed by atoms with Crippen molar-refractivity contribution < 1.29 is 19.1 Å². The van der Waals surface area contributed by atoms with Gasteiger partial charge in [0, 0.05) is 6.08 Å². The Bertz CT molecular complexity index is 434. The lowest BCUT2D eigenvalue weighted by molar-refractivity contribution is -0.128. The second-order valence-corrected chi connectivity index (χ2v) is 2.73. The van der Waals surface area contributed by atoms with Gasteiger partial charge in [-0.05, 0) is 18.2 Å². The van der Waals surface area contributed by atoms with Crippen LogP contribution in [-0.2, 0) is 9.53 Å². The van der Waals surface area contributed by atoms with E-state index in [1.54, 1.807) is 12.1 Å². The lowest BCUT2D eigenvalue weighted by atomic mass is 10.2. The Morgan fingerprint density at radius 2 is 2.00 bits per heavy atom. The molecule has 1 aromatic rings. The van der Waals surface area contributed by atoms with Gasteiger partial charge in [0.2, 0.25) is 0 Å². The third-order valence-electron chi connectivity index (χ3n) is 1.65. The predicted octanol–water partition coefficient (Wildman–Crippen LogP) is 2.08. The molecule has 0 aliphatic heterocycles. The highest BCUT2D eigenvalue weighted by Gasteiger charge is 2.07. The van der Waals surface area contributed by atoms with Gasteiger partial charge in [-0.25, -0.2) is 9.59 Å². The van der Waals surface area contributed by atoms with Crippen LogP contribution in [0.15, 0.2) is 49.8 Å². The second kappa shape index (κ2) is 5.50. The molecule has 0 bridgehead atoms. The molecule has 4 heteroatoms. The molecule has 0 atom stereocenters. The predicted molar refractivity (Wildman–Crippen MR) is 57.9 cm³/mol. The zero-order chi connectivity index (χ0) is 12.0. The van der Waals surface area contributed by atoms with E-state index in [1.807, 2.05) is 0 Å². The minimum Gasteiger partial charge on any atom is -0.432 e. The van der Waals surface area contributed by atoms with Crippen LogP contribution in [0.3, 0.4) is 0 Å². The van der Waals surface area contributed by atoms with Crippen LogP contribution in [0.1, 0.15) is 10.4 Å².